The summed E-state index contributed by atoms with van der Waals surface area (Å²) in [5.74, 6) is -1.10. The van der Waals surface area contributed by atoms with Crippen molar-refractivity contribution >= 4 is 17.6 Å². The molecule has 0 bridgehead atoms. The van der Waals surface area contributed by atoms with Crippen LogP contribution in [0.2, 0.25) is 0 Å². The van der Waals surface area contributed by atoms with Gasteiger partial charge in [0.1, 0.15) is 5.78 Å². The molecule has 22 heavy (non-hydrogen) atoms. The van der Waals surface area contributed by atoms with Crippen molar-refractivity contribution in [3.8, 4) is 0 Å². The molecule has 5 nitrogen and oxygen atoms in total. The summed E-state index contributed by atoms with van der Waals surface area (Å²) in [7, 11) is 0. The zero-order valence-corrected chi connectivity index (χ0v) is 13.5. The normalized spacial score (nSPS) is 20.1. The van der Waals surface area contributed by atoms with Crippen LogP contribution in [0, 0.1) is 11.8 Å². The number of hydrogen-bond acceptors (Lipinski definition) is 4. The van der Waals surface area contributed by atoms with Gasteiger partial charge in [-0.3, -0.25) is 19.7 Å². The van der Waals surface area contributed by atoms with Crippen LogP contribution in [0.4, 0.5) is 0 Å². The van der Waals surface area contributed by atoms with Crippen molar-refractivity contribution in [2.24, 2.45) is 11.8 Å². The van der Waals surface area contributed by atoms with Gasteiger partial charge in [0.2, 0.25) is 11.8 Å². The van der Waals surface area contributed by atoms with Crippen molar-refractivity contribution in [3.63, 3.8) is 0 Å². The van der Waals surface area contributed by atoms with Gasteiger partial charge < -0.3 is 5.11 Å². The van der Waals surface area contributed by atoms with Crippen LogP contribution >= 0.6 is 0 Å². The third kappa shape index (κ3) is 6.35. The average Bonchev–Trinajstić information content (AvgIpc) is 2.36. The minimum absolute atomic E-state index is 0.0389. The van der Waals surface area contributed by atoms with E-state index < -0.39 is 6.10 Å². The molecule has 2 N–H and O–H groups in total. The highest BCUT2D eigenvalue weighted by molar-refractivity contribution is 5.97. The number of ketones is 1. The van der Waals surface area contributed by atoms with E-state index in [0.29, 0.717) is 6.42 Å². The fourth-order valence-electron chi connectivity index (χ4n) is 2.71. The minimum Gasteiger partial charge on any atom is -0.393 e. The Bertz CT molecular complexity index is 477. The lowest BCUT2D eigenvalue weighted by molar-refractivity contribution is -0.135. The Morgan fingerprint density at radius 1 is 1.36 bits per heavy atom. The second kappa shape index (κ2) is 8.63. The van der Waals surface area contributed by atoms with Gasteiger partial charge in [-0.15, -0.1) is 0 Å². The van der Waals surface area contributed by atoms with Crippen molar-refractivity contribution in [1.82, 2.24) is 5.32 Å². The number of aliphatic hydroxyl groups is 1. The summed E-state index contributed by atoms with van der Waals surface area (Å²) in [4.78, 5) is 34.7. The van der Waals surface area contributed by atoms with Crippen LogP contribution in [0.3, 0.4) is 0 Å². The molecule has 0 aliphatic carbocycles. The number of carbonyl (C=O) groups is 3. The predicted octanol–water partition coefficient (Wildman–Crippen LogP) is 1.91. The van der Waals surface area contributed by atoms with E-state index in [1.807, 2.05) is 32.1 Å². The van der Waals surface area contributed by atoms with Gasteiger partial charge in [0.15, 0.2) is 0 Å². The van der Waals surface area contributed by atoms with E-state index >= 15 is 0 Å². The Labute approximate surface area is 131 Å². The van der Waals surface area contributed by atoms with E-state index in [1.54, 1.807) is 6.92 Å². The Kier molecular flexibility index (Phi) is 7.18. The van der Waals surface area contributed by atoms with Crippen LogP contribution in [-0.2, 0) is 14.4 Å². The number of nitrogens with one attached hydrogen (secondary N) is 1. The van der Waals surface area contributed by atoms with Crippen LogP contribution in [0.25, 0.3) is 0 Å². The zero-order valence-electron chi connectivity index (χ0n) is 13.5. The average molecular weight is 307 g/mol. The highest BCUT2D eigenvalue weighted by Crippen LogP contribution is 2.21. The molecule has 0 unspecified atom stereocenters. The molecule has 0 aromatic carbocycles. The molecule has 0 spiro atoms. The standard InChI is InChI=1S/C17H25NO4/c1-4-5-11(2)6-12(3)15(20)10-14(19)7-13-8-16(21)18-17(22)9-13/h4-6,12-14,19H,7-10H2,1-3H3,(H,18,21,22)/b5-4+,11-6-/t12-,14+/m1/s1. The number of Topliss-reactive ketones (excluding diaryl/α,β-unsaturated/α-hetero) is 1. The van der Waals surface area contributed by atoms with Crippen LogP contribution in [-0.4, -0.2) is 28.8 Å². The summed E-state index contributed by atoms with van der Waals surface area (Å²) in [6, 6.07) is 0. The van der Waals surface area contributed by atoms with E-state index in [0.717, 1.165) is 5.57 Å². The smallest absolute Gasteiger partial charge is 0.226 e. The van der Waals surface area contributed by atoms with Gasteiger partial charge in [0.25, 0.3) is 0 Å². The largest absolute Gasteiger partial charge is 0.393 e. The predicted molar refractivity (Wildman–Crippen MR) is 83.9 cm³/mol. The highest BCUT2D eigenvalue weighted by atomic mass is 16.3. The Morgan fingerprint density at radius 3 is 2.50 bits per heavy atom. The van der Waals surface area contributed by atoms with Crippen molar-refractivity contribution in [3.05, 3.63) is 23.8 Å². The molecule has 2 atom stereocenters. The van der Waals surface area contributed by atoms with E-state index in [1.165, 1.54) is 0 Å². The minimum atomic E-state index is -0.811. The van der Waals surface area contributed by atoms with Crippen molar-refractivity contribution in [2.45, 2.75) is 52.6 Å². The van der Waals surface area contributed by atoms with Crippen LogP contribution in [0.15, 0.2) is 23.8 Å². The van der Waals surface area contributed by atoms with E-state index in [4.69, 9.17) is 0 Å². The number of amides is 2. The summed E-state index contributed by atoms with van der Waals surface area (Å²) in [5, 5.41) is 12.3. The fraction of sp³-hybridized carbons (Fsp3) is 0.588. The third-order valence-electron chi connectivity index (χ3n) is 3.72. The maximum atomic E-state index is 12.1. The molecule has 5 heteroatoms. The van der Waals surface area contributed by atoms with E-state index in [9.17, 15) is 19.5 Å². The maximum absolute atomic E-state index is 12.1. The number of hydrogen-bond donors (Lipinski definition) is 2. The second-order valence-electron chi connectivity index (χ2n) is 6.00. The molecule has 0 radical (unpaired) electrons. The summed E-state index contributed by atoms with van der Waals surface area (Å²) in [5.41, 5.74) is 1.01. The number of carbonyl (C=O) groups excluding carboxylic acids is 3. The Morgan fingerprint density at radius 2 is 1.95 bits per heavy atom. The molecule has 2 amide bonds. The molecule has 0 saturated carbocycles. The Balaban J connectivity index is 2.48. The lowest BCUT2D eigenvalue weighted by atomic mass is 9.88. The van der Waals surface area contributed by atoms with Crippen molar-refractivity contribution in [1.29, 1.82) is 0 Å². The summed E-state index contributed by atoms with van der Waals surface area (Å²) in [6.45, 7) is 5.64. The molecule has 1 rings (SSSR count). The quantitative estimate of drug-likeness (QED) is 0.556. The fourth-order valence-corrected chi connectivity index (χ4v) is 2.71. The molecule has 122 valence electrons. The van der Waals surface area contributed by atoms with Gasteiger partial charge in [-0.1, -0.05) is 30.7 Å². The molecule has 1 heterocycles. The van der Waals surface area contributed by atoms with E-state index in [-0.39, 0.29) is 48.7 Å². The first-order valence-electron chi connectivity index (χ1n) is 7.66. The lowest BCUT2D eigenvalue weighted by Crippen LogP contribution is -2.39. The molecule has 0 aromatic heterocycles. The van der Waals surface area contributed by atoms with Crippen molar-refractivity contribution in [2.75, 3.05) is 0 Å². The molecule has 1 fully saturated rings. The van der Waals surface area contributed by atoms with Gasteiger partial charge in [-0.25, -0.2) is 0 Å². The maximum Gasteiger partial charge on any atom is 0.226 e. The molecule has 1 saturated heterocycles. The summed E-state index contributed by atoms with van der Waals surface area (Å²) < 4.78 is 0. The number of allylic oxidation sites excluding steroid dienone is 4. The summed E-state index contributed by atoms with van der Waals surface area (Å²) >= 11 is 0. The number of aliphatic hydroxyl groups excluding tert-OH is 1. The first-order valence-corrected chi connectivity index (χ1v) is 7.66. The van der Waals surface area contributed by atoms with Crippen molar-refractivity contribution < 1.29 is 19.5 Å². The lowest BCUT2D eigenvalue weighted by Gasteiger charge is -2.23. The molecule has 1 aliphatic rings. The third-order valence-corrected chi connectivity index (χ3v) is 3.72. The number of imide groups is 1. The van der Waals surface area contributed by atoms with Crippen LogP contribution < -0.4 is 5.32 Å². The van der Waals surface area contributed by atoms with E-state index in [2.05, 4.69) is 5.32 Å². The van der Waals surface area contributed by atoms with Gasteiger partial charge in [0, 0.05) is 25.2 Å². The first-order chi connectivity index (χ1) is 10.3. The molecule has 0 aromatic rings. The van der Waals surface area contributed by atoms with Gasteiger partial charge in [-0.2, -0.15) is 0 Å². The summed E-state index contributed by atoms with van der Waals surface area (Å²) in [6.07, 6.45) is 5.69. The highest BCUT2D eigenvalue weighted by Gasteiger charge is 2.27. The first kappa shape index (κ1) is 18.3. The van der Waals surface area contributed by atoms with Crippen LogP contribution in [0.1, 0.15) is 46.5 Å². The van der Waals surface area contributed by atoms with Gasteiger partial charge in [0.05, 0.1) is 6.10 Å². The topological polar surface area (TPSA) is 83.5 Å². The monoisotopic (exact) mass is 307 g/mol. The van der Waals surface area contributed by atoms with Gasteiger partial charge >= 0.3 is 0 Å². The molecular weight excluding hydrogens is 282 g/mol. The SMILES string of the molecule is C/C=C/C(C)=C\[C@@H](C)C(=O)C[C@@H](O)CC1CC(=O)NC(=O)C1. The zero-order chi connectivity index (χ0) is 16.7. The molecule has 1 aliphatic heterocycles. The number of rotatable bonds is 7. The molecular formula is C17H25NO4. The van der Waals surface area contributed by atoms with Crippen LogP contribution in [0.5, 0.6) is 0 Å². The second-order valence-corrected chi connectivity index (χ2v) is 6.00. The Hall–Kier alpha value is -1.75. The number of piperidine rings is 1. The van der Waals surface area contributed by atoms with Gasteiger partial charge in [-0.05, 0) is 26.2 Å².